The van der Waals surface area contributed by atoms with Gasteiger partial charge < -0.3 is 15.0 Å². The van der Waals surface area contributed by atoms with Crippen molar-refractivity contribution in [1.29, 1.82) is 0 Å². The molecule has 0 heterocycles. The van der Waals surface area contributed by atoms with Gasteiger partial charge in [-0.1, -0.05) is 85.5 Å². The Morgan fingerprint density at radius 3 is 2.24 bits per heavy atom. The largest absolute Gasteiger partial charge is 0.497 e. The third-order valence-electron chi connectivity index (χ3n) is 9.26. The summed E-state index contributed by atoms with van der Waals surface area (Å²) in [6.45, 7) is 2.83. The van der Waals surface area contributed by atoms with Crippen LogP contribution in [-0.4, -0.2) is 55.8 Å². The summed E-state index contributed by atoms with van der Waals surface area (Å²) in [6.07, 6.45) is 5.02. The summed E-state index contributed by atoms with van der Waals surface area (Å²) >= 11 is 0. The average molecular weight is 713 g/mol. The second-order valence-corrected chi connectivity index (χ2v) is 14.8. The van der Waals surface area contributed by atoms with E-state index in [2.05, 4.69) is 5.32 Å². The van der Waals surface area contributed by atoms with Crippen molar-refractivity contribution in [3.63, 3.8) is 0 Å². The van der Waals surface area contributed by atoms with E-state index >= 15 is 0 Å². The molecule has 268 valence electrons. The maximum atomic E-state index is 14.8. The highest BCUT2D eigenvalue weighted by Gasteiger charge is 2.36. The third-order valence-corrected chi connectivity index (χ3v) is 11.0. The molecule has 0 bridgehead atoms. The molecule has 11 nitrogen and oxygen atoms in total. The zero-order valence-corrected chi connectivity index (χ0v) is 30.0. The van der Waals surface area contributed by atoms with Crippen LogP contribution in [0.2, 0.25) is 0 Å². The van der Waals surface area contributed by atoms with E-state index in [-0.39, 0.29) is 41.2 Å². The Kier molecular flexibility index (Phi) is 12.1. The van der Waals surface area contributed by atoms with Gasteiger partial charge in [0.15, 0.2) is 0 Å². The number of hydrogen-bond acceptors (Lipinski definition) is 7. The fourth-order valence-electron chi connectivity index (χ4n) is 6.46. The maximum absolute atomic E-state index is 14.8. The minimum Gasteiger partial charge on any atom is -0.497 e. The molecule has 4 aromatic carbocycles. The number of ether oxygens (including phenoxy) is 1. The van der Waals surface area contributed by atoms with E-state index in [1.54, 1.807) is 12.1 Å². The van der Waals surface area contributed by atoms with Gasteiger partial charge >= 0.3 is 0 Å². The molecule has 1 fully saturated rings. The van der Waals surface area contributed by atoms with Crippen molar-refractivity contribution in [2.45, 2.75) is 75.9 Å². The van der Waals surface area contributed by atoms with Gasteiger partial charge in [0.2, 0.25) is 11.8 Å². The highest BCUT2D eigenvalue weighted by atomic mass is 32.2. The highest BCUT2D eigenvalue weighted by Crippen LogP contribution is 2.30. The van der Waals surface area contributed by atoms with Crippen molar-refractivity contribution < 1.29 is 27.7 Å². The monoisotopic (exact) mass is 712 g/mol. The topological polar surface area (TPSA) is 139 Å². The predicted octanol–water partition coefficient (Wildman–Crippen LogP) is 6.50. The quantitative estimate of drug-likeness (QED) is 0.116. The zero-order chi connectivity index (χ0) is 36.5. The van der Waals surface area contributed by atoms with E-state index < -0.39 is 33.4 Å². The first-order valence-corrected chi connectivity index (χ1v) is 18.5. The third kappa shape index (κ3) is 9.31. The first kappa shape index (κ1) is 37.0. The molecular weight excluding hydrogens is 669 g/mol. The maximum Gasteiger partial charge on any atom is 0.273 e. The van der Waals surface area contributed by atoms with Crippen molar-refractivity contribution in [3.05, 3.63) is 129 Å². The van der Waals surface area contributed by atoms with Gasteiger partial charge in [-0.2, -0.15) is 0 Å². The molecule has 0 unspecified atom stereocenters. The molecule has 2 amide bonds. The number of benzene rings is 4. The van der Waals surface area contributed by atoms with Gasteiger partial charge in [-0.25, -0.2) is 8.42 Å². The Morgan fingerprint density at radius 2 is 1.59 bits per heavy atom. The van der Waals surface area contributed by atoms with Crippen LogP contribution in [0, 0.1) is 24.0 Å². The average Bonchev–Trinajstić information content (AvgIpc) is 3.12. The minimum absolute atomic E-state index is 0.0195. The molecule has 0 aromatic heterocycles. The first-order valence-electron chi connectivity index (χ1n) is 17.1. The number of carbonyl (C=O) groups excluding carboxylic acids is 2. The molecule has 5 rings (SSSR count). The number of methoxy groups -OCH3 is 1. The summed E-state index contributed by atoms with van der Waals surface area (Å²) in [5.74, 6) is -0.450. The number of rotatable bonds is 14. The molecule has 0 spiro atoms. The number of hydrogen-bond donors (Lipinski definition) is 1. The molecule has 1 atom stereocenters. The van der Waals surface area contributed by atoms with Gasteiger partial charge in [-0.15, -0.1) is 0 Å². The zero-order valence-electron chi connectivity index (χ0n) is 29.2. The number of nitrogens with zero attached hydrogens (tertiary/aromatic N) is 3. The summed E-state index contributed by atoms with van der Waals surface area (Å²) in [7, 11) is -3.06. The molecule has 1 N–H and O–H groups in total. The Morgan fingerprint density at radius 1 is 0.902 bits per heavy atom. The van der Waals surface area contributed by atoms with Crippen LogP contribution in [0.3, 0.4) is 0 Å². The smallest absolute Gasteiger partial charge is 0.273 e. The number of nitrogens with one attached hydrogen (secondary N) is 1. The van der Waals surface area contributed by atoms with E-state index in [4.69, 9.17) is 4.74 Å². The molecule has 1 aliphatic carbocycles. The van der Waals surface area contributed by atoms with Crippen LogP contribution >= 0.6 is 0 Å². The number of carbonyl (C=O) groups is 2. The van der Waals surface area contributed by atoms with E-state index in [0.717, 1.165) is 59.2 Å². The van der Waals surface area contributed by atoms with Crippen LogP contribution in [0.15, 0.2) is 102 Å². The number of amides is 2. The van der Waals surface area contributed by atoms with Crippen molar-refractivity contribution in [2.24, 2.45) is 0 Å². The van der Waals surface area contributed by atoms with Crippen LogP contribution in [0.4, 0.5) is 11.4 Å². The number of aryl methyl sites for hydroxylation is 2. The summed E-state index contributed by atoms with van der Waals surface area (Å²) in [4.78, 5) is 41.3. The number of anilines is 1. The molecule has 0 aliphatic heterocycles. The molecule has 12 heteroatoms. The number of nitro groups is 1. The van der Waals surface area contributed by atoms with Gasteiger partial charge in [-0.05, 0) is 68.1 Å². The SMILES string of the molecule is COc1ccc(N(CC(=O)N(Cc2cccc(C)c2)[C@H](Cc2ccccc2)C(=O)NC2CCCCC2)S(=O)(=O)c2ccc(C)c([N+](=O)[O-])c2)cc1. The molecule has 1 aliphatic rings. The Balaban J connectivity index is 1.59. The predicted molar refractivity (Wildman–Crippen MR) is 196 cm³/mol. The second kappa shape index (κ2) is 16.7. The fourth-order valence-corrected chi connectivity index (χ4v) is 7.89. The van der Waals surface area contributed by atoms with Crippen molar-refractivity contribution in [1.82, 2.24) is 10.2 Å². The van der Waals surface area contributed by atoms with Gasteiger partial charge in [0.1, 0.15) is 18.3 Å². The van der Waals surface area contributed by atoms with Crippen LogP contribution in [0.5, 0.6) is 5.75 Å². The Labute approximate surface area is 299 Å². The standard InChI is InChI=1S/C39H44N4O7S/c1-28-11-10-14-31(23-28)26-41(37(24-30-12-6-4-7-13-30)39(45)40-32-15-8-5-9-16-32)38(44)27-42(33-18-20-34(50-3)21-19-33)51(48,49)35-22-17-29(2)36(25-35)43(46)47/h4,6-7,10-14,17-23,25,32,37H,5,8-9,15-16,24,26-27H2,1-3H3,(H,40,45)/t37-/m1/s1. The number of nitro benzene ring substituents is 1. The van der Waals surface area contributed by atoms with Crippen LogP contribution < -0.4 is 14.4 Å². The second-order valence-electron chi connectivity index (χ2n) is 13.0. The molecule has 4 aromatic rings. The molecular formula is C39H44N4O7S. The van der Waals surface area contributed by atoms with E-state index in [1.807, 2.05) is 61.5 Å². The minimum atomic E-state index is -4.54. The first-order chi connectivity index (χ1) is 24.5. The lowest BCUT2D eigenvalue weighted by molar-refractivity contribution is -0.385. The lowest BCUT2D eigenvalue weighted by atomic mass is 9.94. The van der Waals surface area contributed by atoms with Crippen LogP contribution in [0.1, 0.15) is 54.4 Å². The van der Waals surface area contributed by atoms with Gasteiger partial charge in [0.25, 0.3) is 15.7 Å². The van der Waals surface area contributed by atoms with Crippen molar-refractivity contribution in [2.75, 3.05) is 18.0 Å². The van der Waals surface area contributed by atoms with Gasteiger partial charge in [-0.3, -0.25) is 24.0 Å². The summed E-state index contributed by atoms with van der Waals surface area (Å²) in [5.41, 5.74) is 2.67. The summed E-state index contributed by atoms with van der Waals surface area (Å²) in [5, 5.41) is 15.0. The normalized spacial score (nSPS) is 13.9. The van der Waals surface area contributed by atoms with Gasteiger partial charge in [0.05, 0.1) is 22.6 Å². The molecule has 0 radical (unpaired) electrons. The van der Waals surface area contributed by atoms with Crippen molar-refractivity contribution in [3.8, 4) is 5.75 Å². The summed E-state index contributed by atoms with van der Waals surface area (Å²) < 4.78 is 35.0. The van der Waals surface area contributed by atoms with Crippen LogP contribution in [-0.2, 0) is 32.6 Å². The van der Waals surface area contributed by atoms with Crippen molar-refractivity contribution >= 4 is 33.2 Å². The van der Waals surface area contributed by atoms with Gasteiger partial charge in [0, 0.05) is 30.6 Å². The van der Waals surface area contributed by atoms with Crippen LogP contribution in [0.25, 0.3) is 0 Å². The summed E-state index contributed by atoms with van der Waals surface area (Å²) in [6, 6.07) is 25.9. The number of sulfonamides is 1. The molecule has 51 heavy (non-hydrogen) atoms. The lowest BCUT2D eigenvalue weighted by Crippen LogP contribution is -2.55. The Bertz CT molecular complexity index is 1950. The Hall–Kier alpha value is -5.23. The lowest BCUT2D eigenvalue weighted by Gasteiger charge is -2.35. The fraction of sp³-hybridized carbons (Fsp3) is 0.333. The van der Waals surface area contributed by atoms with E-state index in [1.165, 1.54) is 43.2 Å². The molecule has 0 saturated heterocycles. The highest BCUT2D eigenvalue weighted by molar-refractivity contribution is 7.92. The van der Waals surface area contributed by atoms with E-state index in [9.17, 15) is 28.1 Å². The molecule has 1 saturated carbocycles. The van der Waals surface area contributed by atoms with E-state index in [0.29, 0.717) is 11.3 Å².